The molecule has 0 saturated carbocycles. The minimum atomic E-state index is -0.646. The third kappa shape index (κ3) is 8.10. The first kappa shape index (κ1) is 30.7. The number of hydrogen-bond acceptors (Lipinski definition) is 2. The molecule has 0 bridgehead atoms. The zero-order valence-corrected chi connectivity index (χ0v) is 25.3. The number of amides is 4. The number of urea groups is 2. The molecule has 0 radical (unpaired) electrons. The molecule has 3 aromatic carbocycles. The van der Waals surface area contributed by atoms with Crippen molar-refractivity contribution in [3.8, 4) is 0 Å². The van der Waals surface area contributed by atoms with Crippen molar-refractivity contribution in [3.63, 3.8) is 0 Å². The quantitative estimate of drug-likeness (QED) is 0.206. The predicted octanol–water partition coefficient (Wildman–Crippen LogP) is 8.83. The first-order valence-electron chi connectivity index (χ1n) is 14.3. The Hall–Kier alpha value is -3.80. The van der Waals surface area contributed by atoms with Gasteiger partial charge in [-0.2, -0.15) is 0 Å². The lowest BCUT2D eigenvalue weighted by molar-refractivity contribution is 0.241. The Morgan fingerprint density at radius 3 is 1.30 bits per heavy atom. The van der Waals surface area contributed by atoms with Gasteiger partial charge < -0.3 is 21.3 Å². The van der Waals surface area contributed by atoms with E-state index in [1.165, 1.54) is 11.1 Å². The summed E-state index contributed by atoms with van der Waals surface area (Å²) >= 11 is 0. The molecular weight excluding hydrogens is 496 g/mol. The molecule has 0 spiro atoms. The van der Waals surface area contributed by atoms with Crippen LogP contribution in [0.5, 0.6) is 0 Å². The minimum absolute atomic E-state index is 0.275. The van der Waals surface area contributed by atoms with E-state index < -0.39 is 11.1 Å². The second kappa shape index (κ2) is 13.0. The standard InChI is InChI=1S/C34H46N4O2/c1-9-23(3)25-14-18-29(19-15-25)35-31(39)37-33(5,6)27-12-11-13-28(22-27)34(7,8)38-32(40)36-30-20-16-26(17-21-30)24(4)10-2/h11-24H,9-10H2,1-8H3,(H2,35,37,39)(H2,36,38,40)/t23-,24+. The number of anilines is 2. The van der Waals surface area contributed by atoms with Gasteiger partial charge in [-0.15, -0.1) is 0 Å². The highest BCUT2D eigenvalue weighted by molar-refractivity contribution is 5.90. The van der Waals surface area contributed by atoms with E-state index in [2.05, 4.69) is 73.2 Å². The maximum absolute atomic E-state index is 12.9. The molecule has 40 heavy (non-hydrogen) atoms. The van der Waals surface area contributed by atoms with Crippen LogP contribution in [0.2, 0.25) is 0 Å². The third-order valence-electron chi connectivity index (χ3n) is 7.86. The molecule has 0 saturated heterocycles. The van der Waals surface area contributed by atoms with Crippen LogP contribution in [0.25, 0.3) is 0 Å². The van der Waals surface area contributed by atoms with Crippen molar-refractivity contribution in [1.82, 2.24) is 10.6 Å². The molecule has 0 aliphatic rings. The molecule has 4 amide bonds. The van der Waals surface area contributed by atoms with Gasteiger partial charge in [-0.3, -0.25) is 0 Å². The predicted molar refractivity (Wildman–Crippen MR) is 167 cm³/mol. The van der Waals surface area contributed by atoms with Crippen molar-refractivity contribution < 1.29 is 9.59 Å². The molecule has 0 aromatic heterocycles. The number of benzene rings is 3. The highest BCUT2D eigenvalue weighted by Gasteiger charge is 2.28. The Balaban J connectivity index is 1.64. The van der Waals surface area contributed by atoms with Gasteiger partial charge in [0, 0.05) is 11.4 Å². The molecular formula is C34H46N4O2. The van der Waals surface area contributed by atoms with Gasteiger partial charge in [-0.05, 0) is 98.9 Å². The smallest absolute Gasteiger partial charge is 0.319 e. The monoisotopic (exact) mass is 542 g/mol. The maximum Gasteiger partial charge on any atom is 0.319 e. The van der Waals surface area contributed by atoms with E-state index in [1.807, 2.05) is 76.2 Å². The first-order chi connectivity index (χ1) is 18.8. The molecule has 0 fully saturated rings. The van der Waals surface area contributed by atoms with Crippen LogP contribution in [0.1, 0.15) is 102 Å². The summed E-state index contributed by atoms with van der Waals surface area (Å²) < 4.78 is 0. The van der Waals surface area contributed by atoms with Gasteiger partial charge in [-0.1, -0.05) is 76.2 Å². The normalized spacial score (nSPS) is 13.2. The summed E-state index contributed by atoms with van der Waals surface area (Å²) in [6.45, 7) is 16.6. The van der Waals surface area contributed by atoms with Crippen molar-refractivity contribution in [2.45, 2.75) is 91.1 Å². The van der Waals surface area contributed by atoms with E-state index in [9.17, 15) is 9.59 Å². The van der Waals surface area contributed by atoms with E-state index in [0.717, 1.165) is 35.3 Å². The Labute approximate surface area is 240 Å². The summed E-state index contributed by atoms with van der Waals surface area (Å²) in [5, 5.41) is 12.1. The average Bonchev–Trinajstić information content (AvgIpc) is 2.92. The molecule has 3 aromatic rings. The third-order valence-corrected chi connectivity index (χ3v) is 7.86. The van der Waals surface area contributed by atoms with Crippen LogP contribution in [0.15, 0.2) is 72.8 Å². The summed E-state index contributed by atoms with van der Waals surface area (Å²) in [6, 6.07) is 23.4. The minimum Gasteiger partial charge on any atom is -0.329 e. The van der Waals surface area contributed by atoms with Crippen molar-refractivity contribution in [2.75, 3.05) is 10.6 Å². The second-order valence-electron chi connectivity index (χ2n) is 11.9. The van der Waals surface area contributed by atoms with Crippen molar-refractivity contribution in [2.24, 2.45) is 0 Å². The molecule has 3 rings (SSSR count). The zero-order valence-electron chi connectivity index (χ0n) is 25.3. The van der Waals surface area contributed by atoms with E-state index in [0.29, 0.717) is 11.8 Å². The number of carbonyl (C=O) groups is 2. The molecule has 0 aliphatic carbocycles. The molecule has 6 nitrogen and oxygen atoms in total. The van der Waals surface area contributed by atoms with Gasteiger partial charge in [0.05, 0.1) is 11.1 Å². The molecule has 6 heteroatoms. The van der Waals surface area contributed by atoms with Gasteiger partial charge in [0.25, 0.3) is 0 Å². The first-order valence-corrected chi connectivity index (χ1v) is 14.3. The van der Waals surface area contributed by atoms with Crippen LogP contribution in [0.4, 0.5) is 21.0 Å². The summed E-state index contributed by atoms with van der Waals surface area (Å²) in [6.07, 6.45) is 2.15. The topological polar surface area (TPSA) is 82.3 Å². The number of rotatable bonds is 10. The lowest BCUT2D eigenvalue weighted by atomic mass is 9.87. The van der Waals surface area contributed by atoms with Crippen LogP contribution in [-0.2, 0) is 11.1 Å². The number of nitrogens with one attached hydrogen (secondary N) is 4. The maximum atomic E-state index is 12.9. The Bertz CT molecular complexity index is 1180. The van der Waals surface area contributed by atoms with Crippen molar-refractivity contribution >= 4 is 23.4 Å². The van der Waals surface area contributed by atoms with Crippen LogP contribution < -0.4 is 21.3 Å². The highest BCUT2D eigenvalue weighted by atomic mass is 16.2. The zero-order chi connectivity index (χ0) is 29.5. The van der Waals surface area contributed by atoms with E-state index >= 15 is 0 Å². The summed E-state index contributed by atoms with van der Waals surface area (Å²) in [4.78, 5) is 25.7. The fourth-order valence-corrected chi connectivity index (χ4v) is 4.59. The Morgan fingerprint density at radius 2 is 0.975 bits per heavy atom. The van der Waals surface area contributed by atoms with E-state index in [1.54, 1.807) is 0 Å². The van der Waals surface area contributed by atoms with Gasteiger partial charge >= 0.3 is 12.1 Å². The van der Waals surface area contributed by atoms with Gasteiger partial charge in [0.15, 0.2) is 0 Å². The average molecular weight is 543 g/mol. The van der Waals surface area contributed by atoms with Gasteiger partial charge in [0.1, 0.15) is 0 Å². The number of hydrogen-bond donors (Lipinski definition) is 4. The Kier molecular flexibility index (Phi) is 10.0. The molecule has 0 aliphatic heterocycles. The van der Waals surface area contributed by atoms with Crippen LogP contribution in [-0.4, -0.2) is 12.1 Å². The van der Waals surface area contributed by atoms with Crippen molar-refractivity contribution in [1.29, 1.82) is 0 Å². The van der Waals surface area contributed by atoms with Crippen LogP contribution >= 0.6 is 0 Å². The molecule has 0 unspecified atom stereocenters. The largest absolute Gasteiger partial charge is 0.329 e. The Morgan fingerprint density at radius 1 is 0.625 bits per heavy atom. The summed E-state index contributed by atoms with van der Waals surface area (Å²) in [7, 11) is 0. The van der Waals surface area contributed by atoms with Crippen LogP contribution in [0.3, 0.4) is 0 Å². The summed E-state index contributed by atoms with van der Waals surface area (Å²) in [5.74, 6) is 0.972. The molecule has 4 N–H and O–H groups in total. The summed E-state index contributed by atoms with van der Waals surface area (Å²) in [5.41, 5.74) is 4.59. The molecule has 2 atom stereocenters. The fourth-order valence-electron chi connectivity index (χ4n) is 4.59. The highest BCUT2D eigenvalue weighted by Crippen LogP contribution is 2.28. The van der Waals surface area contributed by atoms with Crippen molar-refractivity contribution in [3.05, 3.63) is 95.1 Å². The second-order valence-corrected chi connectivity index (χ2v) is 11.9. The lowest BCUT2D eigenvalue weighted by Crippen LogP contribution is -2.45. The van der Waals surface area contributed by atoms with Crippen LogP contribution in [0, 0.1) is 0 Å². The molecule has 214 valence electrons. The van der Waals surface area contributed by atoms with E-state index in [4.69, 9.17) is 0 Å². The fraction of sp³-hybridized carbons (Fsp3) is 0.412. The van der Waals surface area contributed by atoms with E-state index in [-0.39, 0.29) is 12.1 Å². The van der Waals surface area contributed by atoms with Gasteiger partial charge in [-0.25, -0.2) is 9.59 Å². The van der Waals surface area contributed by atoms with Gasteiger partial charge in [0.2, 0.25) is 0 Å². The SMILES string of the molecule is CC[C@@H](C)c1ccc(NC(=O)NC(C)(C)c2cccc(C(C)(C)NC(=O)Nc3ccc([C@@H](C)CC)cc3)c2)cc1. The number of carbonyl (C=O) groups excluding carboxylic acids is 2. The molecule has 0 heterocycles. The lowest BCUT2D eigenvalue weighted by Gasteiger charge is -2.31.